The molecule has 1 aliphatic rings. The van der Waals surface area contributed by atoms with Crippen LogP contribution >= 0.6 is 11.6 Å². The van der Waals surface area contributed by atoms with Crippen LogP contribution < -0.4 is 0 Å². The van der Waals surface area contributed by atoms with Crippen LogP contribution in [0.15, 0.2) is 0 Å². The van der Waals surface area contributed by atoms with Crippen LogP contribution in [-0.2, 0) is 9.53 Å². The van der Waals surface area contributed by atoms with Gasteiger partial charge in [-0.15, -0.1) is 11.6 Å². The zero-order valence-corrected chi connectivity index (χ0v) is 12.0. The summed E-state index contributed by atoms with van der Waals surface area (Å²) in [7, 11) is 1.73. The predicted molar refractivity (Wildman–Crippen MR) is 70.9 cm³/mol. The smallest absolute Gasteiger partial charge is 0.409 e. The molecule has 1 amide bonds. The largest absolute Gasteiger partial charge is 0.450 e. The monoisotopic (exact) mass is 275 g/mol. The Morgan fingerprint density at radius 2 is 1.89 bits per heavy atom. The van der Waals surface area contributed by atoms with Gasteiger partial charge in [0.1, 0.15) is 5.78 Å². The molecule has 5 heteroatoms. The molecular formula is C13H22ClNO3. The Kier molecular flexibility index (Phi) is 5.93. The van der Waals surface area contributed by atoms with E-state index >= 15 is 0 Å². The molecule has 0 heterocycles. The topological polar surface area (TPSA) is 46.6 Å². The first kappa shape index (κ1) is 15.3. The lowest BCUT2D eigenvalue weighted by Crippen LogP contribution is -2.52. The minimum absolute atomic E-state index is 0.00489. The first-order valence-electron chi connectivity index (χ1n) is 6.54. The number of halogens is 1. The molecule has 0 unspecified atom stereocenters. The number of rotatable bonds is 5. The van der Waals surface area contributed by atoms with Crippen LogP contribution in [0.5, 0.6) is 0 Å². The number of nitrogens with zero attached hydrogens (tertiary/aromatic N) is 1. The van der Waals surface area contributed by atoms with Gasteiger partial charge in [-0.2, -0.15) is 0 Å². The van der Waals surface area contributed by atoms with Crippen molar-refractivity contribution in [3.8, 4) is 0 Å². The maximum Gasteiger partial charge on any atom is 0.409 e. The van der Waals surface area contributed by atoms with E-state index in [2.05, 4.69) is 0 Å². The molecule has 0 N–H and O–H groups in total. The molecule has 1 rings (SSSR count). The van der Waals surface area contributed by atoms with E-state index in [1.807, 2.05) is 0 Å². The summed E-state index contributed by atoms with van der Waals surface area (Å²) < 4.78 is 5.04. The lowest BCUT2D eigenvalue weighted by atomic mass is 9.77. The molecule has 0 aromatic heterocycles. The second-order valence-corrected chi connectivity index (χ2v) is 5.16. The number of hydrogen-bond acceptors (Lipinski definition) is 3. The van der Waals surface area contributed by atoms with Gasteiger partial charge in [-0.05, 0) is 19.8 Å². The third-order valence-corrected chi connectivity index (χ3v) is 4.01. The van der Waals surface area contributed by atoms with Gasteiger partial charge in [-0.1, -0.05) is 19.3 Å². The van der Waals surface area contributed by atoms with E-state index in [0.717, 1.165) is 32.1 Å². The second kappa shape index (κ2) is 6.98. The fourth-order valence-corrected chi connectivity index (χ4v) is 2.76. The SMILES string of the molecule is CCOC(=O)N(C)C1(CC(=O)CCl)CCCCC1. The number of Topliss-reactive ketones (excluding diaryl/α,β-unsaturated/α-hetero) is 1. The predicted octanol–water partition coefficient (Wildman–Crippen LogP) is 2.98. The third kappa shape index (κ3) is 3.61. The van der Waals surface area contributed by atoms with Crippen LogP contribution in [0.3, 0.4) is 0 Å². The normalized spacial score (nSPS) is 18.2. The Bertz CT molecular complexity index is 301. The van der Waals surface area contributed by atoms with Gasteiger partial charge in [-0.25, -0.2) is 4.79 Å². The van der Waals surface area contributed by atoms with Crippen molar-refractivity contribution in [1.82, 2.24) is 4.90 Å². The average Bonchev–Trinajstić information content (AvgIpc) is 2.39. The zero-order chi connectivity index (χ0) is 13.6. The average molecular weight is 276 g/mol. The minimum Gasteiger partial charge on any atom is -0.450 e. The van der Waals surface area contributed by atoms with Crippen LogP contribution in [-0.4, -0.2) is 41.8 Å². The van der Waals surface area contributed by atoms with Gasteiger partial charge in [0.25, 0.3) is 0 Å². The number of alkyl halides is 1. The van der Waals surface area contributed by atoms with E-state index in [0.29, 0.717) is 13.0 Å². The zero-order valence-electron chi connectivity index (χ0n) is 11.2. The Hall–Kier alpha value is -0.770. The molecule has 18 heavy (non-hydrogen) atoms. The summed E-state index contributed by atoms with van der Waals surface area (Å²) >= 11 is 5.59. The lowest BCUT2D eigenvalue weighted by molar-refractivity contribution is -0.119. The first-order valence-corrected chi connectivity index (χ1v) is 7.07. The molecule has 104 valence electrons. The molecule has 1 saturated carbocycles. The van der Waals surface area contributed by atoms with E-state index in [-0.39, 0.29) is 17.8 Å². The van der Waals surface area contributed by atoms with Crippen molar-refractivity contribution in [1.29, 1.82) is 0 Å². The van der Waals surface area contributed by atoms with Crippen molar-refractivity contribution >= 4 is 23.5 Å². The molecule has 0 atom stereocenters. The van der Waals surface area contributed by atoms with Gasteiger partial charge in [0.05, 0.1) is 18.0 Å². The highest BCUT2D eigenvalue weighted by molar-refractivity contribution is 6.27. The summed E-state index contributed by atoms with van der Waals surface area (Å²) in [5.74, 6) is 0.00742. The summed E-state index contributed by atoms with van der Waals surface area (Å²) in [6.45, 7) is 2.13. The number of amides is 1. The number of carbonyl (C=O) groups is 2. The maximum atomic E-state index is 11.9. The van der Waals surface area contributed by atoms with Gasteiger partial charge in [-0.3, -0.25) is 4.79 Å². The molecule has 0 radical (unpaired) electrons. The fraction of sp³-hybridized carbons (Fsp3) is 0.846. The third-order valence-electron chi connectivity index (χ3n) is 3.71. The Morgan fingerprint density at radius 3 is 2.39 bits per heavy atom. The van der Waals surface area contributed by atoms with Crippen molar-refractivity contribution in [3.05, 3.63) is 0 Å². The highest BCUT2D eigenvalue weighted by Crippen LogP contribution is 2.36. The van der Waals surface area contributed by atoms with Gasteiger partial charge >= 0.3 is 6.09 Å². The number of hydrogen-bond donors (Lipinski definition) is 0. The fourth-order valence-electron chi connectivity index (χ4n) is 2.67. The molecule has 0 aliphatic heterocycles. The standard InChI is InChI=1S/C13H22ClNO3/c1-3-18-12(17)15(2)13(9-11(16)10-14)7-5-4-6-8-13/h3-10H2,1-2H3. The van der Waals surface area contributed by atoms with Crippen LogP contribution in [0.1, 0.15) is 45.4 Å². The molecule has 0 saturated heterocycles. The second-order valence-electron chi connectivity index (χ2n) is 4.89. The van der Waals surface area contributed by atoms with Gasteiger partial charge in [0.2, 0.25) is 0 Å². The number of ketones is 1. The Balaban J connectivity index is 2.81. The summed E-state index contributed by atoms with van der Waals surface area (Å²) in [6.07, 6.45) is 4.94. The summed E-state index contributed by atoms with van der Waals surface area (Å²) in [5, 5.41) is 0. The molecule has 0 bridgehead atoms. The Morgan fingerprint density at radius 1 is 1.28 bits per heavy atom. The maximum absolute atomic E-state index is 11.9. The van der Waals surface area contributed by atoms with Gasteiger partial charge in [0, 0.05) is 13.5 Å². The quantitative estimate of drug-likeness (QED) is 0.725. The van der Waals surface area contributed by atoms with E-state index in [1.165, 1.54) is 0 Å². The van der Waals surface area contributed by atoms with E-state index in [9.17, 15) is 9.59 Å². The summed E-state index contributed by atoms with van der Waals surface area (Å²) in [4.78, 5) is 25.1. The van der Waals surface area contributed by atoms with Crippen LogP contribution in [0, 0.1) is 0 Å². The molecule has 1 fully saturated rings. The number of carbonyl (C=O) groups excluding carboxylic acids is 2. The molecule has 0 aromatic carbocycles. The summed E-state index contributed by atoms with van der Waals surface area (Å²) in [5.41, 5.74) is -0.392. The van der Waals surface area contributed by atoms with E-state index < -0.39 is 5.54 Å². The molecule has 0 aromatic rings. The van der Waals surface area contributed by atoms with Crippen molar-refractivity contribution in [3.63, 3.8) is 0 Å². The van der Waals surface area contributed by atoms with Crippen molar-refractivity contribution in [2.75, 3.05) is 19.5 Å². The lowest BCUT2D eigenvalue weighted by Gasteiger charge is -2.43. The van der Waals surface area contributed by atoms with Crippen molar-refractivity contribution < 1.29 is 14.3 Å². The van der Waals surface area contributed by atoms with Crippen molar-refractivity contribution in [2.45, 2.75) is 51.0 Å². The molecule has 0 spiro atoms. The van der Waals surface area contributed by atoms with Crippen LogP contribution in [0.4, 0.5) is 4.79 Å². The molecule has 1 aliphatic carbocycles. The summed E-state index contributed by atoms with van der Waals surface area (Å²) in [6, 6.07) is 0. The Labute approximate surface area is 114 Å². The first-order chi connectivity index (χ1) is 8.55. The van der Waals surface area contributed by atoms with Crippen LogP contribution in [0.25, 0.3) is 0 Å². The van der Waals surface area contributed by atoms with Gasteiger partial charge < -0.3 is 9.64 Å². The highest BCUT2D eigenvalue weighted by Gasteiger charge is 2.40. The van der Waals surface area contributed by atoms with E-state index in [1.54, 1.807) is 18.9 Å². The highest BCUT2D eigenvalue weighted by atomic mass is 35.5. The van der Waals surface area contributed by atoms with Gasteiger partial charge in [0.15, 0.2) is 0 Å². The minimum atomic E-state index is -0.392. The van der Waals surface area contributed by atoms with E-state index in [4.69, 9.17) is 16.3 Å². The number of ether oxygens (including phenoxy) is 1. The van der Waals surface area contributed by atoms with Crippen LogP contribution in [0.2, 0.25) is 0 Å². The molecule has 4 nitrogen and oxygen atoms in total. The molecular weight excluding hydrogens is 254 g/mol. The van der Waals surface area contributed by atoms with Crippen molar-refractivity contribution in [2.24, 2.45) is 0 Å².